The van der Waals surface area contributed by atoms with Crippen LogP contribution in [0.4, 0.5) is 0 Å². The summed E-state index contributed by atoms with van der Waals surface area (Å²) in [4.78, 5) is 2.47. The van der Waals surface area contributed by atoms with E-state index in [1.54, 1.807) is 0 Å². The molecule has 1 N–H and O–H groups in total. The zero-order valence-corrected chi connectivity index (χ0v) is 12.1. The van der Waals surface area contributed by atoms with Gasteiger partial charge < -0.3 is 10.2 Å². The molecule has 1 saturated carbocycles. The Hall–Kier alpha value is -0.0800. The van der Waals surface area contributed by atoms with E-state index < -0.39 is 0 Å². The molecule has 0 bridgehead atoms. The first kappa shape index (κ1) is 13.4. The van der Waals surface area contributed by atoms with Crippen molar-refractivity contribution in [3.05, 3.63) is 0 Å². The van der Waals surface area contributed by atoms with Crippen molar-refractivity contribution in [1.82, 2.24) is 10.2 Å². The second-order valence-electron chi connectivity index (χ2n) is 7.09. The normalized spacial score (nSPS) is 39.2. The molecule has 0 aromatic heterocycles. The molecular formula is C15H30N2. The maximum Gasteiger partial charge on any atom is 0.0121 e. The van der Waals surface area contributed by atoms with E-state index in [1.165, 1.54) is 45.2 Å². The number of nitrogens with one attached hydrogen (secondary N) is 1. The molecule has 0 spiro atoms. The molecule has 3 atom stereocenters. The molecule has 0 aromatic rings. The number of nitrogens with zero attached hydrogens (tertiary/aromatic N) is 1. The Kier molecular flexibility index (Phi) is 4.14. The van der Waals surface area contributed by atoms with Crippen LogP contribution in [0.3, 0.4) is 0 Å². The maximum absolute atomic E-state index is 3.99. The Labute approximate surface area is 107 Å². The highest BCUT2D eigenvalue weighted by molar-refractivity contribution is 4.92. The summed E-state index contributed by atoms with van der Waals surface area (Å²) >= 11 is 0. The summed E-state index contributed by atoms with van der Waals surface area (Å²) in [7, 11) is 2.25. The van der Waals surface area contributed by atoms with E-state index in [-0.39, 0.29) is 0 Å². The molecule has 2 nitrogen and oxygen atoms in total. The van der Waals surface area contributed by atoms with Crippen molar-refractivity contribution < 1.29 is 0 Å². The van der Waals surface area contributed by atoms with E-state index in [9.17, 15) is 0 Å². The third-order valence-corrected chi connectivity index (χ3v) is 5.03. The van der Waals surface area contributed by atoms with Crippen LogP contribution >= 0.6 is 0 Å². The van der Waals surface area contributed by atoms with Gasteiger partial charge in [-0.2, -0.15) is 0 Å². The fourth-order valence-corrected chi connectivity index (χ4v) is 3.66. The summed E-state index contributed by atoms with van der Waals surface area (Å²) < 4.78 is 0. The second kappa shape index (κ2) is 5.27. The van der Waals surface area contributed by atoms with Gasteiger partial charge in [0.05, 0.1) is 0 Å². The van der Waals surface area contributed by atoms with Gasteiger partial charge in [0.25, 0.3) is 0 Å². The zero-order valence-electron chi connectivity index (χ0n) is 12.1. The van der Waals surface area contributed by atoms with Crippen LogP contribution in [0.5, 0.6) is 0 Å². The quantitative estimate of drug-likeness (QED) is 0.796. The summed E-state index contributed by atoms with van der Waals surface area (Å²) in [6.45, 7) is 9.82. The average Bonchev–Trinajstić information content (AvgIpc) is 2.24. The van der Waals surface area contributed by atoms with Gasteiger partial charge in [0.15, 0.2) is 0 Å². The Morgan fingerprint density at radius 3 is 2.59 bits per heavy atom. The Morgan fingerprint density at radius 1 is 1.18 bits per heavy atom. The van der Waals surface area contributed by atoms with Gasteiger partial charge in [-0.15, -0.1) is 0 Å². The first-order valence-electron chi connectivity index (χ1n) is 7.43. The predicted molar refractivity (Wildman–Crippen MR) is 74.2 cm³/mol. The Bertz CT molecular complexity index is 249. The van der Waals surface area contributed by atoms with Crippen molar-refractivity contribution in [2.45, 2.75) is 65.0 Å². The fraction of sp³-hybridized carbons (Fsp3) is 1.00. The summed E-state index contributed by atoms with van der Waals surface area (Å²) in [5.41, 5.74) is 0.501. The summed E-state index contributed by atoms with van der Waals surface area (Å²) in [6, 6.07) is 1.49. The maximum atomic E-state index is 3.99. The molecule has 100 valence electrons. The summed E-state index contributed by atoms with van der Waals surface area (Å²) in [6.07, 6.45) is 6.94. The highest BCUT2D eigenvalue weighted by Crippen LogP contribution is 2.36. The van der Waals surface area contributed by atoms with E-state index in [4.69, 9.17) is 0 Å². The number of hydrogen-bond acceptors (Lipinski definition) is 2. The van der Waals surface area contributed by atoms with E-state index >= 15 is 0 Å². The third kappa shape index (κ3) is 3.23. The van der Waals surface area contributed by atoms with E-state index in [2.05, 4.69) is 38.0 Å². The number of rotatable bonds is 2. The standard InChI is InChI=1S/C15H30N2/c1-12-11-17(4)10-8-13(12)16-14-7-5-6-9-15(14,2)3/h12-14,16H,5-11H2,1-4H3. The molecule has 0 radical (unpaired) electrons. The largest absolute Gasteiger partial charge is 0.310 e. The van der Waals surface area contributed by atoms with E-state index in [0.717, 1.165) is 18.0 Å². The van der Waals surface area contributed by atoms with Crippen LogP contribution in [-0.2, 0) is 0 Å². The lowest BCUT2D eigenvalue weighted by molar-refractivity contribution is 0.109. The third-order valence-electron chi connectivity index (χ3n) is 5.03. The van der Waals surface area contributed by atoms with Crippen LogP contribution in [0.2, 0.25) is 0 Å². The molecule has 3 unspecified atom stereocenters. The molecule has 1 saturated heterocycles. The smallest absolute Gasteiger partial charge is 0.0121 e. The monoisotopic (exact) mass is 238 g/mol. The SMILES string of the molecule is CC1CN(C)CCC1NC1CCCCC1(C)C. The lowest BCUT2D eigenvalue weighted by Gasteiger charge is -2.44. The van der Waals surface area contributed by atoms with Gasteiger partial charge in [-0.3, -0.25) is 0 Å². The van der Waals surface area contributed by atoms with Gasteiger partial charge in [0.1, 0.15) is 0 Å². The van der Waals surface area contributed by atoms with Gasteiger partial charge >= 0.3 is 0 Å². The van der Waals surface area contributed by atoms with Crippen LogP contribution in [0, 0.1) is 11.3 Å². The predicted octanol–water partition coefficient (Wildman–Crippen LogP) is 2.89. The molecular weight excluding hydrogens is 208 g/mol. The molecule has 1 heterocycles. The molecule has 2 fully saturated rings. The molecule has 2 aliphatic rings. The molecule has 17 heavy (non-hydrogen) atoms. The van der Waals surface area contributed by atoms with Crippen molar-refractivity contribution in [2.75, 3.05) is 20.1 Å². The van der Waals surface area contributed by atoms with Gasteiger partial charge in [-0.1, -0.05) is 33.6 Å². The van der Waals surface area contributed by atoms with Crippen LogP contribution in [0.25, 0.3) is 0 Å². The molecule has 1 aliphatic carbocycles. The van der Waals surface area contributed by atoms with Gasteiger partial charge in [0, 0.05) is 18.6 Å². The van der Waals surface area contributed by atoms with Crippen LogP contribution in [-0.4, -0.2) is 37.1 Å². The van der Waals surface area contributed by atoms with Gasteiger partial charge in [0.2, 0.25) is 0 Å². The molecule has 0 amide bonds. The number of hydrogen-bond donors (Lipinski definition) is 1. The first-order valence-corrected chi connectivity index (χ1v) is 7.43. The lowest BCUT2D eigenvalue weighted by Crippen LogP contribution is -2.54. The van der Waals surface area contributed by atoms with Crippen LogP contribution in [0.1, 0.15) is 52.9 Å². The summed E-state index contributed by atoms with van der Waals surface area (Å²) in [5, 5.41) is 3.99. The fourth-order valence-electron chi connectivity index (χ4n) is 3.66. The van der Waals surface area contributed by atoms with Gasteiger partial charge in [-0.25, -0.2) is 0 Å². The van der Waals surface area contributed by atoms with Crippen molar-refractivity contribution in [3.8, 4) is 0 Å². The molecule has 1 aliphatic heterocycles. The van der Waals surface area contributed by atoms with Crippen LogP contribution < -0.4 is 5.32 Å². The molecule has 2 heteroatoms. The Morgan fingerprint density at radius 2 is 1.94 bits per heavy atom. The minimum absolute atomic E-state index is 0.501. The van der Waals surface area contributed by atoms with Crippen molar-refractivity contribution in [1.29, 1.82) is 0 Å². The average molecular weight is 238 g/mol. The van der Waals surface area contributed by atoms with Crippen molar-refractivity contribution in [3.63, 3.8) is 0 Å². The number of likely N-dealkylation sites (tertiary alicyclic amines) is 1. The zero-order chi connectivity index (χ0) is 12.5. The first-order chi connectivity index (χ1) is 7.99. The lowest BCUT2D eigenvalue weighted by atomic mass is 9.72. The molecule has 0 aromatic carbocycles. The highest BCUT2D eigenvalue weighted by atomic mass is 15.1. The number of piperidine rings is 1. The highest BCUT2D eigenvalue weighted by Gasteiger charge is 2.35. The van der Waals surface area contributed by atoms with Crippen LogP contribution in [0.15, 0.2) is 0 Å². The second-order valence-corrected chi connectivity index (χ2v) is 7.09. The van der Waals surface area contributed by atoms with E-state index in [1.807, 2.05) is 0 Å². The minimum atomic E-state index is 0.501. The topological polar surface area (TPSA) is 15.3 Å². The minimum Gasteiger partial charge on any atom is -0.310 e. The van der Waals surface area contributed by atoms with Crippen molar-refractivity contribution >= 4 is 0 Å². The van der Waals surface area contributed by atoms with E-state index in [0.29, 0.717) is 5.41 Å². The van der Waals surface area contributed by atoms with Gasteiger partial charge in [-0.05, 0) is 44.2 Å². The van der Waals surface area contributed by atoms with Crippen molar-refractivity contribution in [2.24, 2.45) is 11.3 Å². The molecule has 2 rings (SSSR count). The summed E-state index contributed by atoms with van der Waals surface area (Å²) in [5.74, 6) is 0.798. The Balaban J connectivity index is 1.91.